The van der Waals surface area contributed by atoms with Gasteiger partial charge in [0.05, 0.1) is 0 Å². The predicted molar refractivity (Wildman–Crippen MR) is 71.1 cm³/mol. The van der Waals surface area contributed by atoms with Crippen LogP contribution in [0.4, 0.5) is 0 Å². The van der Waals surface area contributed by atoms with Gasteiger partial charge in [0.1, 0.15) is 12.6 Å². The normalized spacial score (nSPS) is 25.6. The third-order valence-corrected chi connectivity index (χ3v) is 3.88. The van der Waals surface area contributed by atoms with Crippen molar-refractivity contribution in [3.8, 4) is 0 Å². The molecule has 1 fully saturated rings. The van der Waals surface area contributed by atoms with Crippen LogP contribution in [0.2, 0.25) is 0 Å². The molecular weight excluding hydrogens is 214 g/mol. The summed E-state index contributed by atoms with van der Waals surface area (Å²) in [6.07, 6.45) is 11.2. The van der Waals surface area contributed by atoms with Crippen LogP contribution in [0.25, 0.3) is 0 Å². The molecule has 1 saturated heterocycles. The lowest BCUT2D eigenvalue weighted by molar-refractivity contribution is -1.13. The van der Waals surface area contributed by atoms with E-state index in [1.807, 2.05) is 0 Å². The van der Waals surface area contributed by atoms with Gasteiger partial charge in [-0.15, -0.1) is 0 Å². The molecule has 3 heteroatoms. The maximum Gasteiger partial charge on any atom is 0.159 e. The van der Waals surface area contributed by atoms with E-state index in [9.17, 15) is 5.21 Å². The molecule has 2 unspecified atom stereocenters. The summed E-state index contributed by atoms with van der Waals surface area (Å²) in [6.45, 7) is 5.66. The average Bonchev–Trinajstić information content (AvgIpc) is 2.30. The second kappa shape index (κ2) is 8.06. The largest absolute Gasteiger partial charge is 0.598 e. The first-order valence-corrected chi connectivity index (χ1v) is 7.46. The lowest BCUT2D eigenvalue weighted by Gasteiger charge is -2.50. The molecule has 1 heterocycles. The summed E-state index contributed by atoms with van der Waals surface area (Å²) in [7, 11) is 0. The molecule has 1 aliphatic rings. The fourth-order valence-electron chi connectivity index (χ4n) is 2.58. The van der Waals surface area contributed by atoms with Gasteiger partial charge in [0.15, 0.2) is 6.61 Å². The molecule has 2 atom stereocenters. The molecule has 102 valence electrons. The second-order valence-electron chi connectivity index (χ2n) is 5.26. The topological polar surface area (TPSA) is 32.3 Å². The van der Waals surface area contributed by atoms with E-state index in [0.29, 0.717) is 13.2 Å². The summed E-state index contributed by atoms with van der Waals surface area (Å²) in [4.78, 5) is 4.79. The number of rotatable bonds is 10. The number of unbranched alkanes of at least 4 members (excludes halogenated alkanes) is 6. The van der Waals surface area contributed by atoms with Crippen LogP contribution >= 0.6 is 0 Å². The molecule has 1 aliphatic heterocycles. The molecule has 0 aliphatic carbocycles. The Morgan fingerprint density at radius 1 is 1.06 bits per heavy atom. The van der Waals surface area contributed by atoms with Crippen LogP contribution in [-0.2, 0) is 4.84 Å². The maximum absolute atomic E-state index is 12.0. The minimum atomic E-state index is -0.369. The van der Waals surface area contributed by atoms with Gasteiger partial charge in [-0.3, -0.25) is 0 Å². The molecule has 0 aromatic heterocycles. The quantitative estimate of drug-likeness (QED) is 0.328. The number of quaternary nitrogens is 1. The molecule has 3 nitrogen and oxygen atoms in total. The van der Waals surface area contributed by atoms with Gasteiger partial charge in [-0.2, -0.15) is 4.84 Å². The van der Waals surface area contributed by atoms with E-state index in [1.54, 1.807) is 0 Å². The summed E-state index contributed by atoms with van der Waals surface area (Å²) in [5.41, 5.74) is 0. The molecule has 0 saturated carbocycles. The molecule has 0 aromatic rings. The second-order valence-corrected chi connectivity index (χ2v) is 5.26. The lowest BCUT2D eigenvalue weighted by Crippen LogP contribution is -2.60. The molecule has 0 aromatic carbocycles. The average molecular weight is 243 g/mol. The monoisotopic (exact) mass is 243 g/mol. The van der Waals surface area contributed by atoms with Crippen LogP contribution in [0.5, 0.6) is 0 Å². The van der Waals surface area contributed by atoms with Gasteiger partial charge < -0.3 is 5.21 Å². The molecule has 1 rings (SSSR count). The standard InChI is InChI=1S/C14H29NO2/c1-3-5-6-7-8-9-10-11-14(4-2)15(16)12-13-17-15/h14H,3-13H2,1-2H3. The van der Waals surface area contributed by atoms with Crippen molar-refractivity contribution in [3.63, 3.8) is 0 Å². The van der Waals surface area contributed by atoms with Crippen molar-refractivity contribution in [3.05, 3.63) is 5.21 Å². The zero-order valence-corrected chi connectivity index (χ0v) is 11.6. The first-order chi connectivity index (χ1) is 8.23. The summed E-state index contributed by atoms with van der Waals surface area (Å²) in [5.74, 6) is 0. The Balaban J connectivity index is 2.00. The zero-order chi connectivity index (χ0) is 12.6. The molecule has 0 N–H and O–H groups in total. The van der Waals surface area contributed by atoms with Gasteiger partial charge in [0, 0.05) is 6.42 Å². The van der Waals surface area contributed by atoms with Gasteiger partial charge in [-0.05, 0) is 12.8 Å². The van der Waals surface area contributed by atoms with Crippen molar-refractivity contribution < 1.29 is 9.65 Å². The minimum absolute atomic E-state index is 0.180. The van der Waals surface area contributed by atoms with Crippen molar-refractivity contribution in [2.24, 2.45) is 0 Å². The molecule has 0 spiro atoms. The summed E-state index contributed by atoms with van der Waals surface area (Å²) < 4.78 is 0. The highest BCUT2D eigenvalue weighted by molar-refractivity contribution is 4.60. The number of hydrogen-bond acceptors (Lipinski definition) is 2. The molecule has 0 bridgehead atoms. The highest BCUT2D eigenvalue weighted by Gasteiger charge is 2.36. The number of hydroxylamine groups is 4. The Morgan fingerprint density at radius 3 is 2.12 bits per heavy atom. The Labute approximate surface area is 106 Å². The zero-order valence-electron chi connectivity index (χ0n) is 11.6. The van der Waals surface area contributed by atoms with Gasteiger partial charge in [-0.25, -0.2) is 4.81 Å². The van der Waals surface area contributed by atoms with Crippen molar-refractivity contribution in [1.82, 2.24) is 0 Å². The van der Waals surface area contributed by atoms with Crippen molar-refractivity contribution in [2.45, 2.75) is 77.7 Å². The third kappa shape index (κ3) is 4.94. The lowest BCUT2D eigenvalue weighted by atomic mass is 10.0. The van der Waals surface area contributed by atoms with Gasteiger partial charge in [0.2, 0.25) is 0 Å². The summed E-state index contributed by atoms with van der Waals surface area (Å²) in [6, 6.07) is 0.180. The Kier molecular flexibility index (Phi) is 7.09. The fourth-order valence-corrected chi connectivity index (χ4v) is 2.58. The summed E-state index contributed by atoms with van der Waals surface area (Å²) in [5, 5.41) is 12.0. The van der Waals surface area contributed by atoms with Crippen LogP contribution in [-0.4, -0.2) is 24.0 Å². The Morgan fingerprint density at radius 2 is 1.65 bits per heavy atom. The maximum atomic E-state index is 12.0. The van der Waals surface area contributed by atoms with Crippen LogP contribution in [0, 0.1) is 5.21 Å². The number of hydrogen-bond donors (Lipinski definition) is 0. The van der Waals surface area contributed by atoms with Crippen LogP contribution < -0.4 is 0 Å². The molecular formula is C14H29NO2. The Bertz CT molecular complexity index is 193. The van der Waals surface area contributed by atoms with E-state index in [1.165, 1.54) is 44.9 Å². The highest BCUT2D eigenvalue weighted by atomic mass is 17.0. The highest BCUT2D eigenvalue weighted by Crippen LogP contribution is 2.27. The first kappa shape index (κ1) is 14.9. The van der Waals surface area contributed by atoms with E-state index in [-0.39, 0.29) is 10.9 Å². The van der Waals surface area contributed by atoms with Crippen molar-refractivity contribution in [1.29, 1.82) is 0 Å². The SMILES string of the molecule is CCCCCCCCCC(CC)[N+]1([O-])CCO1. The minimum Gasteiger partial charge on any atom is -0.598 e. The predicted octanol–water partition coefficient (Wildman–Crippen LogP) is 4.17. The molecule has 0 radical (unpaired) electrons. The fraction of sp³-hybridized carbons (Fsp3) is 1.00. The Hall–Kier alpha value is -0.120. The van der Waals surface area contributed by atoms with Crippen LogP contribution in [0.15, 0.2) is 0 Å². The van der Waals surface area contributed by atoms with Gasteiger partial charge in [-0.1, -0.05) is 52.4 Å². The van der Waals surface area contributed by atoms with Crippen molar-refractivity contribution in [2.75, 3.05) is 13.2 Å². The molecule has 0 amide bonds. The van der Waals surface area contributed by atoms with Crippen LogP contribution in [0.1, 0.15) is 71.6 Å². The van der Waals surface area contributed by atoms with E-state index < -0.39 is 0 Å². The van der Waals surface area contributed by atoms with E-state index in [2.05, 4.69) is 13.8 Å². The van der Waals surface area contributed by atoms with Gasteiger partial charge in [0.25, 0.3) is 0 Å². The summed E-state index contributed by atoms with van der Waals surface area (Å²) >= 11 is 0. The smallest absolute Gasteiger partial charge is 0.159 e. The van der Waals surface area contributed by atoms with E-state index >= 15 is 0 Å². The molecule has 17 heavy (non-hydrogen) atoms. The third-order valence-electron chi connectivity index (χ3n) is 3.88. The van der Waals surface area contributed by atoms with Crippen molar-refractivity contribution >= 4 is 0 Å². The van der Waals surface area contributed by atoms with E-state index in [4.69, 9.17) is 4.84 Å². The van der Waals surface area contributed by atoms with E-state index in [0.717, 1.165) is 12.8 Å². The number of nitrogens with zero attached hydrogens (tertiary/aromatic N) is 1. The van der Waals surface area contributed by atoms with Crippen LogP contribution in [0.3, 0.4) is 0 Å². The first-order valence-electron chi connectivity index (χ1n) is 7.46. The van der Waals surface area contributed by atoms with Gasteiger partial charge >= 0.3 is 0 Å².